The van der Waals surface area contributed by atoms with Gasteiger partial charge < -0.3 is 10.2 Å². The molecule has 0 unspecified atom stereocenters. The average molecular weight is 381 g/mol. The van der Waals surface area contributed by atoms with Crippen LogP contribution in [0.3, 0.4) is 0 Å². The number of piperidine rings is 1. The minimum atomic E-state index is -0.0732. The second kappa shape index (κ2) is 7.51. The maximum atomic E-state index is 12.9. The molecule has 6 heteroatoms. The van der Waals surface area contributed by atoms with Crippen LogP contribution in [-0.2, 0) is 5.54 Å². The normalized spacial score (nSPS) is 21.6. The zero-order valence-electron chi connectivity index (χ0n) is 16.3. The van der Waals surface area contributed by atoms with Crippen molar-refractivity contribution >= 4 is 18.3 Å². The molecule has 0 bridgehead atoms. The lowest BCUT2D eigenvalue weighted by atomic mass is 10.0. The highest BCUT2D eigenvalue weighted by Gasteiger charge is 2.34. The molecule has 1 amide bonds. The van der Waals surface area contributed by atoms with Crippen molar-refractivity contribution in [3.8, 4) is 0 Å². The van der Waals surface area contributed by atoms with Crippen LogP contribution in [0, 0.1) is 5.92 Å². The third-order valence-corrected chi connectivity index (χ3v) is 5.76. The van der Waals surface area contributed by atoms with Crippen LogP contribution in [0.15, 0.2) is 6.07 Å². The highest BCUT2D eigenvalue weighted by molar-refractivity contribution is 5.92. The fraction of sp³-hybridized carbons (Fsp3) is 0.800. The summed E-state index contributed by atoms with van der Waals surface area (Å²) in [5.74, 6) is 1.64. The second-order valence-electron chi connectivity index (χ2n) is 9.23. The van der Waals surface area contributed by atoms with E-state index in [2.05, 4.69) is 36.8 Å². The number of halogens is 1. The molecule has 26 heavy (non-hydrogen) atoms. The topological polar surface area (TPSA) is 50.2 Å². The van der Waals surface area contributed by atoms with Crippen LogP contribution < -0.4 is 5.32 Å². The molecule has 5 nitrogen and oxygen atoms in total. The van der Waals surface area contributed by atoms with E-state index < -0.39 is 0 Å². The molecule has 1 aromatic heterocycles. The molecule has 2 aliphatic carbocycles. The predicted molar refractivity (Wildman–Crippen MR) is 106 cm³/mol. The van der Waals surface area contributed by atoms with Gasteiger partial charge in [-0.3, -0.25) is 9.48 Å². The van der Waals surface area contributed by atoms with Crippen LogP contribution in [0.5, 0.6) is 0 Å². The molecule has 1 N–H and O–H groups in total. The van der Waals surface area contributed by atoms with Crippen molar-refractivity contribution in [3.63, 3.8) is 0 Å². The first-order valence-electron chi connectivity index (χ1n) is 10.0. The Hall–Kier alpha value is -1.07. The van der Waals surface area contributed by atoms with E-state index in [4.69, 9.17) is 5.10 Å². The number of likely N-dealkylation sites (tertiary alicyclic amines) is 1. The summed E-state index contributed by atoms with van der Waals surface area (Å²) in [6.45, 7) is 9.36. The fourth-order valence-electron chi connectivity index (χ4n) is 3.81. The molecule has 1 aromatic rings. The summed E-state index contributed by atoms with van der Waals surface area (Å²) in [6.07, 6.45) is 7.37. The Kier molecular flexibility index (Phi) is 5.69. The molecule has 3 aliphatic rings. The van der Waals surface area contributed by atoms with E-state index in [-0.39, 0.29) is 23.9 Å². The molecule has 0 radical (unpaired) electrons. The van der Waals surface area contributed by atoms with Crippen molar-refractivity contribution in [1.29, 1.82) is 0 Å². The van der Waals surface area contributed by atoms with Gasteiger partial charge in [-0.2, -0.15) is 5.10 Å². The Morgan fingerprint density at radius 2 is 1.81 bits per heavy atom. The van der Waals surface area contributed by atoms with E-state index in [1.165, 1.54) is 37.9 Å². The molecule has 2 saturated carbocycles. The van der Waals surface area contributed by atoms with Crippen LogP contribution in [0.4, 0.5) is 0 Å². The number of nitrogens with one attached hydrogen (secondary N) is 1. The summed E-state index contributed by atoms with van der Waals surface area (Å²) in [6, 6.07) is 2.64. The summed E-state index contributed by atoms with van der Waals surface area (Å²) in [7, 11) is 0. The predicted octanol–water partition coefficient (Wildman–Crippen LogP) is 3.54. The first-order valence-corrected chi connectivity index (χ1v) is 10.0. The maximum absolute atomic E-state index is 12.9. The molecule has 4 rings (SSSR count). The van der Waals surface area contributed by atoms with Gasteiger partial charge in [0.1, 0.15) is 0 Å². The highest BCUT2D eigenvalue weighted by atomic mass is 35.5. The van der Waals surface area contributed by atoms with E-state index >= 15 is 0 Å². The molecule has 146 valence electrons. The van der Waals surface area contributed by atoms with E-state index in [0.29, 0.717) is 17.7 Å². The number of rotatable bonds is 5. The zero-order chi connectivity index (χ0) is 17.6. The number of amides is 1. The summed E-state index contributed by atoms with van der Waals surface area (Å²) in [5.41, 5.74) is 1.81. The number of aromatic nitrogens is 2. The third-order valence-electron chi connectivity index (χ3n) is 5.76. The van der Waals surface area contributed by atoms with Crippen LogP contribution in [0.25, 0.3) is 0 Å². The molecule has 1 saturated heterocycles. The SMILES string of the molecule is CC(C)(C)n1nc(C(=O)N2CCC(NCC3CC3)CC2)cc1C1CC1.Cl. The van der Waals surface area contributed by atoms with Gasteiger partial charge in [0.05, 0.1) is 5.54 Å². The molecule has 2 heterocycles. The number of hydrogen-bond donors (Lipinski definition) is 1. The number of carbonyl (C=O) groups is 1. The standard InChI is InChI=1S/C20H32N4O.ClH/c1-20(2,3)24-18(15-6-7-15)12-17(22-24)19(25)23-10-8-16(9-11-23)21-13-14-4-5-14;/h12,14-16,21H,4-11,13H2,1-3H3;1H. The molecule has 0 atom stereocenters. The second-order valence-corrected chi connectivity index (χ2v) is 9.23. The quantitative estimate of drug-likeness (QED) is 0.849. The fourth-order valence-corrected chi connectivity index (χ4v) is 3.81. The minimum absolute atomic E-state index is 0. The van der Waals surface area contributed by atoms with Gasteiger partial charge in [-0.05, 0) is 77.8 Å². The first-order chi connectivity index (χ1) is 11.9. The molecular weight excluding hydrogens is 348 g/mol. The van der Waals surface area contributed by atoms with Crippen LogP contribution in [0.1, 0.15) is 81.4 Å². The first kappa shape index (κ1) is 19.7. The van der Waals surface area contributed by atoms with Crippen molar-refractivity contribution in [2.75, 3.05) is 19.6 Å². The Morgan fingerprint density at radius 3 is 2.35 bits per heavy atom. The van der Waals surface area contributed by atoms with Gasteiger partial charge in [0.15, 0.2) is 5.69 Å². The summed E-state index contributed by atoms with van der Waals surface area (Å²) in [5, 5.41) is 8.40. The van der Waals surface area contributed by atoms with Gasteiger partial charge in [0.25, 0.3) is 5.91 Å². The molecule has 0 aromatic carbocycles. The van der Waals surface area contributed by atoms with E-state index in [1.807, 2.05) is 4.90 Å². The van der Waals surface area contributed by atoms with Gasteiger partial charge in [0, 0.05) is 30.7 Å². The van der Waals surface area contributed by atoms with Crippen LogP contribution >= 0.6 is 12.4 Å². The minimum Gasteiger partial charge on any atom is -0.337 e. The van der Waals surface area contributed by atoms with Crippen molar-refractivity contribution in [1.82, 2.24) is 20.0 Å². The molecule has 3 fully saturated rings. The Bertz CT molecular complexity index is 635. The summed E-state index contributed by atoms with van der Waals surface area (Å²) < 4.78 is 2.09. The van der Waals surface area contributed by atoms with Crippen molar-refractivity contribution in [2.24, 2.45) is 5.92 Å². The number of nitrogens with zero attached hydrogens (tertiary/aromatic N) is 3. The smallest absolute Gasteiger partial charge is 0.274 e. The lowest BCUT2D eigenvalue weighted by Gasteiger charge is -2.32. The lowest BCUT2D eigenvalue weighted by Crippen LogP contribution is -2.45. The average Bonchev–Trinajstić information content (AvgIpc) is 3.50. The highest BCUT2D eigenvalue weighted by Crippen LogP contribution is 2.41. The molecular formula is C20H33ClN4O. The van der Waals surface area contributed by atoms with Gasteiger partial charge in [-0.1, -0.05) is 0 Å². The lowest BCUT2D eigenvalue weighted by molar-refractivity contribution is 0.0697. The van der Waals surface area contributed by atoms with Gasteiger partial charge >= 0.3 is 0 Å². The van der Waals surface area contributed by atoms with Crippen molar-refractivity contribution < 1.29 is 4.79 Å². The summed E-state index contributed by atoms with van der Waals surface area (Å²) in [4.78, 5) is 14.9. The zero-order valence-corrected chi connectivity index (χ0v) is 17.1. The van der Waals surface area contributed by atoms with Gasteiger partial charge in [-0.25, -0.2) is 0 Å². The maximum Gasteiger partial charge on any atom is 0.274 e. The van der Waals surface area contributed by atoms with Crippen LogP contribution in [0.2, 0.25) is 0 Å². The monoisotopic (exact) mass is 380 g/mol. The largest absolute Gasteiger partial charge is 0.337 e. The Morgan fingerprint density at radius 1 is 1.15 bits per heavy atom. The molecule has 1 aliphatic heterocycles. The summed E-state index contributed by atoms with van der Waals surface area (Å²) >= 11 is 0. The molecule has 0 spiro atoms. The Balaban J connectivity index is 0.00000196. The van der Waals surface area contributed by atoms with E-state index in [1.54, 1.807) is 0 Å². The van der Waals surface area contributed by atoms with Gasteiger partial charge in [0.2, 0.25) is 0 Å². The van der Waals surface area contributed by atoms with Crippen molar-refractivity contribution in [2.45, 2.75) is 76.8 Å². The van der Waals surface area contributed by atoms with Crippen molar-refractivity contribution in [3.05, 3.63) is 17.5 Å². The van der Waals surface area contributed by atoms with E-state index in [9.17, 15) is 4.79 Å². The van der Waals surface area contributed by atoms with Crippen LogP contribution in [-0.4, -0.2) is 46.3 Å². The van der Waals surface area contributed by atoms with E-state index in [0.717, 1.165) is 31.8 Å². The third kappa shape index (κ3) is 4.42. The Labute approximate surface area is 163 Å². The van der Waals surface area contributed by atoms with Gasteiger partial charge in [-0.15, -0.1) is 12.4 Å². The number of hydrogen-bond acceptors (Lipinski definition) is 3. The number of carbonyl (C=O) groups excluding carboxylic acids is 1.